The van der Waals surface area contributed by atoms with Gasteiger partial charge in [0.1, 0.15) is 0 Å². The molecule has 0 aromatic heterocycles. The predicted octanol–water partition coefficient (Wildman–Crippen LogP) is 2.23. The molecule has 2 aliphatic heterocycles. The molecule has 2 saturated heterocycles. The van der Waals surface area contributed by atoms with E-state index < -0.39 is 0 Å². The van der Waals surface area contributed by atoms with Crippen LogP contribution in [0.5, 0.6) is 0 Å². The lowest BCUT2D eigenvalue weighted by Gasteiger charge is -2.34. The molecule has 2 aliphatic rings. The first-order chi connectivity index (χ1) is 13.1. The van der Waals surface area contributed by atoms with Crippen molar-refractivity contribution >= 4 is 17.9 Å². The van der Waals surface area contributed by atoms with Crippen molar-refractivity contribution in [2.45, 2.75) is 26.2 Å². The van der Waals surface area contributed by atoms with Crippen LogP contribution in [-0.4, -0.2) is 78.5 Å². The standard InChI is InChI=1S/C20H27N3O4/c1-2-27-20(26)23-14-12-22(13-15-23)19(25)17-8-6-16(7-9-17)18(24)21-10-4-3-5-11-21/h6-9H,2-5,10-15H2,1H3. The summed E-state index contributed by atoms with van der Waals surface area (Å²) < 4.78 is 4.99. The lowest BCUT2D eigenvalue weighted by atomic mass is 10.1. The van der Waals surface area contributed by atoms with Crippen molar-refractivity contribution in [1.82, 2.24) is 14.7 Å². The van der Waals surface area contributed by atoms with Gasteiger partial charge in [0.2, 0.25) is 0 Å². The number of nitrogens with zero attached hydrogens (tertiary/aromatic N) is 3. The first kappa shape index (κ1) is 19.2. The molecule has 1 aromatic rings. The number of piperidine rings is 1. The highest BCUT2D eigenvalue weighted by atomic mass is 16.6. The maximum atomic E-state index is 12.7. The number of rotatable bonds is 3. The molecule has 3 rings (SSSR count). The number of carbonyl (C=O) groups is 3. The Morgan fingerprint density at radius 2 is 1.19 bits per heavy atom. The van der Waals surface area contributed by atoms with E-state index in [4.69, 9.17) is 4.74 Å². The summed E-state index contributed by atoms with van der Waals surface area (Å²) in [6, 6.07) is 6.91. The fraction of sp³-hybridized carbons (Fsp3) is 0.550. The van der Waals surface area contributed by atoms with Gasteiger partial charge in [0.25, 0.3) is 11.8 Å². The average molecular weight is 373 g/mol. The summed E-state index contributed by atoms with van der Waals surface area (Å²) in [7, 11) is 0. The number of benzene rings is 1. The van der Waals surface area contributed by atoms with Crippen LogP contribution in [0.4, 0.5) is 4.79 Å². The molecule has 0 bridgehead atoms. The van der Waals surface area contributed by atoms with Crippen molar-refractivity contribution in [3.63, 3.8) is 0 Å². The monoisotopic (exact) mass is 373 g/mol. The van der Waals surface area contributed by atoms with Crippen LogP contribution < -0.4 is 0 Å². The second kappa shape index (κ2) is 8.88. The highest BCUT2D eigenvalue weighted by Crippen LogP contribution is 2.15. The molecule has 7 heteroatoms. The van der Waals surface area contributed by atoms with Crippen LogP contribution in [0.15, 0.2) is 24.3 Å². The molecule has 0 radical (unpaired) electrons. The molecular weight excluding hydrogens is 346 g/mol. The van der Waals surface area contributed by atoms with Gasteiger partial charge in [-0.3, -0.25) is 9.59 Å². The SMILES string of the molecule is CCOC(=O)N1CCN(C(=O)c2ccc(C(=O)N3CCCCC3)cc2)CC1. The summed E-state index contributed by atoms with van der Waals surface area (Å²) in [6.45, 7) is 5.64. The van der Waals surface area contributed by atoms with Crippen LogP contribution >= 0.6 is 0 Å². The third kappa shape index (κ3) is 4.59. The van der Waals surface area contributed by atoms with Gasteiger partial charge in [0.05, 0.1) is 6.61 Å². The molecule has 2 fully saturated rings. The molecule has 2 heterocycles. The van der Waals surface area contributed by atoms with Crippen molar-refractivity contribution in [3.05, 3.63) is 35.4 Å². The maximum Gasteiger partial charge on any atom is 0.409 e. The van der Waals surface area contributed by atoms with Crippen molar-refractivity contribution in [2.24, 2.45) is 0 Å². The van der Waals surface area contributed by atoms with Crippen molar-refractivity contribution in [1.29, 1.82) is 0 Å². The molecule has 1 aromatic carbocycles. The Morgan fingerprint density at radius 1 is 0.741 bits per heavy atom. The minimum Gasteiger partial charge on any atom is -0.450 e. The molecule has 27 heavy (non-hydrogen) atoms. The largest absolute Gasteiger partial charge is 0.450 e. The molecule has 7 nitrogen and oxygen atoms in total. The van der Waals surface area contributed by atoms with Gasteiger partial charge in [0.15, 0.2) is 0 Å². The Balaban J connectivity index is 1.56. The number of hydrogen-bond acceptors (Lipinski definition) is 4. The zero-order valence-corrected chi connectivity index (χ0v) is 15.9. The fourth-order valence-corrected chi connectivity index (χ4v) is 3.52. The van der Waals surface area contributed by atoms with Gasteiger partial charge in [-0.2, -0.15) is 0 Å². The van der Waals surface area contributed by atoms with E-state index >= 15 is 0 Å². The average Bonchev–Trinajstić information content (AvgIpc) is 2.74. The summed E-state index contributed by atoms with van der Waals surface area (Å²) in [5.41, 5.74) is 1.19. The van der Waals surface area contributed by atoms with Crippen molar-refractivity contribution in [2.75, 3.05) is 45.9 Å². The van der Waals surface area contributed by atoms with E-state index in [1.54, 1.807) is 41.0 Å². The number of hydrogen-bond donors (Lipinski definition) is 0. The van der Waals surface area contributed by atoms with Gasteiger partial charge in [-0.15, -0.1) is 0 Å². The Bertz CT molecular complexity index is 675. The number of ether oxygens (including phenoxy) is 1. The Kier molecular flexibility index (Phi) is 6.32. The van der Waals surface area contributed by atoms with E-state index in [1.807, 2.05) is 4.90 Å². The third-order valence-corrected chi connectivity index (χ3v) is 5.11. The Hall–Kier alpha value is -2.57. The van der Waals surface area contributed by atoms with Crippen LogP contribution in [0.2, 0.25) is 0 Å². The van der Waals surface area contributed by atoms with Gasteiger partial charge in [0, 0.05) is 50.4 Å². The molecular formula is C20H27N3O4. The maximum absolute atomic E-state index is 12.7. The van der Waals surface area contributed by atoms with Gasteiger partial charge < -0.3 is 19.4 Å². The minimum absolute atomic E-state index is 0.0387. The molecule has 0 N–H and O–H groups in total. The first-order valence-electron chi connectivity index (χ1n) is 9.70. The van der Waals surface area contributed by atoms with Crippen LogP contribution in [0.25, 0.3) is 0 Å². The Morgan fingerprint density at radius 3 is 1.67 bits per heavy atom. The van der Waals surface area contributed by atoms with E-state index in [1.165, 1.54) is 6.42 Å². The second-order valence-electron chi connectivity index (χ2n) is 6.91. The molecule has 0 spiro atoms. The molecule has 0 saturated carbocycles. The number of amides is 3. The molecule has 0 atom stereocenters. The number of likely N-dealkylation sites (tertiary alicyclic amines) is 1. The lowest BCUT2D eigenvalue weighted by molar-refractivity contribution is 0.0570. The van der Waals surface area contributed by atoms with Gasteiger partial charge in [-0.25, -0.2) is 4.79 Å². The summed E-state index contributed by atoms with van der Waals surface area (Å²) in [6.07, 6.45) is 2.96. The summed E-state index contributed by atoms with van der Waals surface area (Å²) in [4.78, 5) is 42.2. The highest BCUT2D eigenvalue weighted by Gasteiger charge is 2.26. The predicted molar refractivity (Wildman–Crippen MR) is 101 cm³/mol. The summed E-state index contributed by atoms with van der Waals surface area (Å²) in [5, 5.41) is 0. The van der Waals surface area contributed by atoms with E-state index in [0.717, 1.165) is 25.9 Å². The quantitative estimate of drug-likeness (QED) is 0.815. The molecule has 146 valence electrons. The zero-order valence-electron chi connectivity index (χ0n) is 15.9. The summed E-state index contributed by atoms with van der Waals surface area (Å²) in [5.74, 6) is -0.0350. The van der Waals surface area contributed by atoms with E-state index in [2.05, 4.69) is 0 Å². The molecule has 0 aliphatic carbocycles. The van der Waals surface area contributed by atoms with Crippen LogP contribution in [0.3, 0.4) is 0 Å². The number of carbonyl (C=O) groups excluding carboxylic acids is 3. The number of piperazine rings is 1. The zero-order chi connectivity index (χ0) is 19.2. The smallest absolute Gasteiger partial charge is 0.409 e. The van der Waals surface area contributed by atoms with Crippen LogP contribution in [0.1, 0.15) is 46.9 Å². The van der Waals surface area contributed by atoms with Gasteiger partial charge >= 0.3 is 6.09 Å². The van der Waals surface area contributed by atoms with Crippen LogP contribution in [-0.2, 0) is 4.74 Å². The van der Waals surface area contributed by atoms with Gasteiger partial charge in [-0.05, 0) is 50.5 Å². The first-order valence-corrected chi connectivity index (χ1v) is 9.70. The van der Waals surface area contributed by atoms with E-state index in [-0.39, 0.29) is 17.9 Å². The van der Waals surface area contributed by atoms with Crippen LogP contribution in [0, 0.1) is 0 Å². The van der Waals surface area contributed by atoms with E-state index in [9.17, 15) is 14.4 Å². The summed E-state index contributed by atoms with van der Waals surface area (Å²) >= 11 is 0. The lowest BCUT2D eigenvalue weighted by Crippen LogP contribution is -2.50. The second-order valence-corrected chi connectivity index (χ2v) is 6.91. The van der Waals surface area contributed by atoms with Crippen molar-refractivity contribution < 1.29 is 19.1 Å². The topological polar surface area (TPSA) is 70.2 Å². The highest BCUT2D eigenvalue weighted by molar-refractivity contribution is 5.98. The minimum atomic E-state index is -0.329. The fourth-order valence-electron chi connectivity index (χ4n) is 3.52. The Labute approximate surface area is 159 Å². The van der Waals surface area contributed by atoms with E-state index in [0.29, 0.717) is 43.9 Å². The third-order valence-electron chi connectivity index (χ3n) is 5.11. The van der Waals surface area contributed by atoms with Crippen molar-refractivity contribution in [3.8, 4) is 0 Å². The molecule has 3 amide bonds. The molecule has 0 unspecified atom stereocenters. The normalized spacial score (nSPS) is 17.6. The van der Waals surface area contributed by atoms with Gasteiger partial charge in [-0.1, -0.05) is 0 Å².